The maximum Gasteiger partial charge on any atom is 0.308 e. The van der Waals surface area contributed by atoms with Gasteiger partial charge in [-0.2, -0.15) is 0 Å². The third-order valence-corrected chi connectivity index (χ3v) is 6.29. The minimum absolute atomic E-state index is 0.0787. The molecule has 0 radical (unpaired) electrons. The van der Waals surface area contributed by atoms with E-state index >= 15 is 0 Å². The van der Waals surface area contributed by atoms with E-state index in [4.69, 9.17) is 9.47 Å². The lowest BCUT2D eigenvalue weighted by Crippen LogP contribution is -2.50. The molecule has 1 aliphatic carbocycles. The zero-order valence-corrected chi connectivity index (χ0v) is 16.0. The molecule has 2 rings (SSSR count). The summed E-state index contributed by atoms with van der Waals surface area (Å²) in [6.45, 7) is 11.2. The molecule has 5 atom stereocenters. The smallest absolute Gasteiger partial charge is 0.308 e. The van der Waals surface area contributed by atoms with Crippen LogP contribution in [0.3, 0.4) is 0 Å². The van der Waals surface area contributed by atoms with Crippen molar-refractivity contribution in [2.75, 3.05) is 14.1 Å². The summed E-state index contributed by atoms with van der Waals surface area (Å²) < 4.78 is 12.0. The normalized spacial score (nSPS) is 35.9. The highest BCUT2D eigenvalue weighted by Crippen LogP contribution is 2.40. The summed E-state index contributed by atoms with van der Waals surface area (Å²) in [5.74, 6) is 1.81. The van der Waals surface area contributed by atoms with Gasteiger partial charge in [-0.25, -0.2) is 0 Å². The van der Waals surface area contributed by atoms with Crippen LogP contribution >= 0.6 is 0 Å². The van der Waals surface area contributed by atoms with Gasteiger partial charge >= 0.3 is 5.97 Å². The van der Waals surface area contributed by atoms with Crippen molar-refractivity contribution in [3.05, 3.63) is 0 Å². The third-order valence-electron chi connectivity index (χ3n) is 6.29. The third kappa shape index (κ3) is 4.08. The van der Waals surface area contributed by atoms with Gasteiger partial charge in [-0.1, -0.05) is 27.2 Å². The molecular weight excluding hydrogens is 290 g/mol. The monoisotopic (exact) mass is 325 g/mol. The summed E-state index contributed by atoms with van der Waals surface area (Å²) in [7, 11) is 4.11. The summed E-state index contributed by atoms with van der Waals surface area (Å²) in [6.07, 6.45) is 3.81. The van der Waals surface area contributed by atoms with Crippen molar-refractivity contribution in [1.29, 1.82) is 0 Å². The second kappa shape index (κ2) is 7.10. The quantitative estimate of drug-likeness (QED) is 0.723. The first-order valence-corrected chi connectivity index (χ1v) is 9.15. The molecular formula is C19H35NO3. The van der Waals surface area contributed by atoms with Crippen molar-refractivity contribution in [2.24, 2.45) is 23.7 Å². The van der Waals surface area contributed by atoms with Gasteiger partial charge < -0.3 is 14.4 Å². The molecule has 4 heteroatoms. The molecule has 0 amide bonds. The van der Waals surface area contributed by atoms with E-state index in [0.29, 0.717) is 24.2 Å². The lowest BCUT2D eigenvalue weighted by molar-refractivity contribution is -0.204. The highest BCUT2D eigenvalue weighted by atomic mass is 16.7. The maximum absolute atomic E-state index is 11.9. The summed E-state index contributed by atoms with van der Waals surface area (Å²) in [6, 6.07) is 0. The minimum atomic E-state index is -0.406. The number of ether oxygens (including phenoxy) is 2. The topological polar surface area (TPSA) is 38.8 Å². The van der Waals surface area contributed by atoms with Gasteiger partial charge in [0.25, 0.3) is 0 Å². The van der Waals surface area contributed by atoms with Gasteiger partial charge in [0.1, 0.15) is 0 Å². The number of cyclic esters (lactones) is 1. The molecule has 0 aromatic heterocycles. The van der Waals surface area contributed by atoms with Crippen molar-refractivity contribution < 1.29 is 14.3 Å². The van der Waals surface area contributed by atoms with Crippen LogP contribution in [0.4, 0.5) is 0 Å². The van der Waals surface area contributed by atoms with Crippen LogP contribution in [0.5, 0.6) is 0 Å². The summed E-state index contributed by atoms with van der Waals surface area (Å²) in [5, 5.41) is 0. The first kappa shape index (κ1) is 18.7. The predicted octanol–water partition coefficient (Wildman–Crippen LogP) is 3.69. The highest BCUT2D eigenvalue weighted by molar-refractivity contribution is 5.72. The van der Waals surface area contributed by atoms with Crippen LogP contribution in [0.1, 0.15) is 60.3 Å². The van der Waals surface area contributed by atoms with Crippen molar-refractivity contribution in [1.82, 2.24) is 4.90 Å². The second-order valence-electron chi connectivity index (χ2n) is 8.72. The Bertz CT molecular complexity index is 419. The average molecular weight is 325 g/mol. The van der Waals surface area contributed by atoms with Gasteiger partial charge in [0.05, 0.1) is 12.5 Å². The largest absolute Gasteiger partial charge is 0.435 e. The Balaban J connectivity index is 2.13. The van der Waals surface area contributed by atoms with Crippen molar-refractivity contribution in [2.45, 2.75) is 78.2 Å². The molecule has 1 saturated heterocycles. The molecule has 2 fully saturated rings. The van der Waals surface area contributed by atoms with E-state index in [2.05, 4.69) is 53.6 Å². The van der Waals surface area contributed by atoms with Crippen LogP contribution in [0.15, 0.2) is 0 Å². The molecule has 0 bridgehead atoms. The first-order valence-electron chi connectivity index (χ1n) is 9.15. The Labute approximate surface area is 141 Å². The van der Waals surface area contributed by atoms with E-state index in [9.17, 15) is 4.79 Å². The zero-order valence-electron chi connectivity index (χ0n) is 16.0. The molecule has 1 heterocycles. The Morgan fingerprint density at radius 3 is 2.48 bits per heavy atom. The van der Waals surface area contributed by atoms with E-state index in [1.165, 1.54) is 12.8 Å². The fourth-order valence-corrected chi connectivity index (χ4v) is 4.02. The number of carbonyl (C=O) groups excluding carboxylic acids is 1. The fourth-order valence-electron chi connectivity index (χ4n) is 4.02. The van der Waals surface area contributed by atoms with E-state index < -0.39 is 6.29 Å². The van der Waals surface area contributed by atoms with Crippen LogP contribution in [0, 0.1) is 23.7 Å². The molecule has 0 aromatic rings. The SMILES string of the molecule is CC(C)[C@@H]1CC[C@@H](C)C[C@H]1O[C@@H]1OC(=O)C[C@H]1C(C)(C)N(C)C. The lowest BCUT2D eigenvalue weighted by Gasteiger charge is -2.42. The van der Waals surface area contributed by atoms with E-state index in [1.807, 2.05) is 0 Å². The highest BCUT2D eigenvalue weighted by Gasteiger charge is 2.48. The molecule has 0 aromatic carbocycles. The number of nitrogens with zero attached hydrogens (tertiary/aromatic N) is 1. The molecule has 0 N–H and O–H groups in total. The number of carbonyl (C=O) groups is 1. The zero-order chi connectivity index (χ0) is 17.4. The molecule has 1 saturated carbocycles. The Morgan fingerprint density at radius 1 is 1.26 bits per heavy atom. The van der Waals surface area contributed by atoms with E-state index in [0.717, 1.165) is 6.42 Å². The Kier molecular flexibility index (Phi) is 5.78. The molecule has 0 spiro atoms. The number of rotatable bonds is 5. The maximum atomic E-state index is 11.9. The van der Waals surface area contributed by atoms with Gasteiger partial charge in [-0.3, -0.25) is 4.79 Å². The molecule has 4 nitrogen and oxygen atoms in total. The summed E-state index contributed by atoms with van der Waals surface area (Å²) >= 11 is 0. The van der Waals surface area contributed by atoms with Crippen molar-refractivity contribution >= 4 is 5.97 Å². The van der Waals surface area contributed by atoms with Gasteiger partial charge in [0, 0.05) is 11.5 Å². The van der Waals surface area contributed by atoms with Crippen LogP contribution in [-0.2, 0) is 14.3 Å². The number of hydrogen-bond donors (Lipinski definition) is 0. The van der Waals surface area contributed by atoms with E-state index in [1.54, 1.807) is 0 Å². The standard InChI is InChI=1S/C19H35NO3/c1-12(2)14-9-8-13(3)10-16(14)22-18-15(11-17(21)23-18)19(4,5)20(6)7/h12-16,18H,8-11H2,1-7H3/t13-,14+,15-,16-,18-/m1/s1. The predicted molar refractivity (Wildman–Crippen MR) is 92.0 cm³/mol. The van der Waals surface area contributed by atoms with Crippen molar-refractivity contribution in [3.8, 4) is 0 Å². The molecule has 1 aliphatic heterocycles. The first-order chi connectivity index (χ1) is 10.6. The Hall–Kier alpha value is -0.610. The Morgan fingerprint density at radius 2 is 1.91 bits per heavy atom. The second-order valence-corrected chi connectivity index (χ2v) is 8.72. The molecule has 0 unspecified atom stereocenters. The molecule has 23 heavy (non-hydrogen) atoms. The number of hydrogen-bond acceptors (Lipinski definition) is 4. The molecule has 134 valence electrons. The van der Waals surface area contributed by atoms with Crippen LogP contribution in [0.2, 0.25) is 0 Å². The number of esters is 1. The minimum Gasteiger partial charge on any atom is -0.435 e. The van der Waals surface area contributed by atoms with Gasteiger partial charge in [-0.05, 0) is 58.5 Å². The van der Waals surface area contributed by atoms with Gasteiger partial charge in [0.2, 0.25) is 6.29 Å². The fraction of sp³-hybridized carbons (Fsp3) is 0.947. The van der Waals surface area contributed by atoms with Crippen LogP contribution < -0.4 is 0 Å². The van der Waals surface area contributed by atoms with Gasteiger partial charge in [0.15, 0.2) is 0 Å². The van der Waals surface area contributed by atoms with Gasteiger partial charge in [-0.15, -0.1) is 0 Å². The van der Waals surface area contributed by atoms with Crippen molar-refractivity contribution in [3.63, 3.8) is 0 Å². The van der Waals surface area contributed by atoms with Crippen LogP contribution in [0.25, 0.3) is 0 Å². The summed E-state index contributed by atoms with van der Waals surface area (Å²) in [4.78, 5) is 14.1. The summed E-state index contributed by atoms with van der Waals surface area (Å²) in [5.41, 5.74) is -0.134. The van der Waals surface area contributed by atoms with E-state index in [-0.39, 0.29) is 23.5 Å². The van der Waals surface area contributed by atoms with Crippen LogP contribution in [-0.4, -0.2) is 42.9 Å². The lowest BCUT2D eigenvalue weighted by atomic mass is 9.75. The molecule has 2 aliphatic rings. The average Bonchev–Trinajstić information content (AvgIpc) is 2.79.